The second-order valence-electron chi connectivity index (χ2n) is 2.20. The SMILES string of the molecule is COc1cccc(/C=C/N=O)c1. The summed E-state index contributed by atoms with van der Waals surface area (Å²) in [4.78, 5) is 9.76. The number of nitroso groups, excluding NO2 is 1. The number of nitrogens with zero attached hydrogens (tertiary/aromatic N) is 1. The molecular weight excluding hydrogens is 154 g/mol. The zero-order chi connectivity index (χ0) is 8.81. The Morgan fingerprint density at radius 2 is 2.33 bits per heavy atom. The molecule has 3 nitrogen and oxygen atoms in total. The Bertz CT molecular complexity index is 294. The highest BCUT2D eigenvalue weighted by molar-refractivity contribution is 5.51. The molecule has 0 N–H and O–H groups in total. The summed E-state index contributed by atoms with van der Waals surface area (Å²) in [5.74, 6) is 0.767. The Morgan fingerprint density at radius 3 is 3.00 bits per heavy atom. The minimum Gasteiger partial charge on any atom is -0.497 e. The molecular formula is C9H9NO2. The number of benzene rings is 1. The highest BCUT2D eigenvalue weighted by Gasteiger charge is 1.90. The van der Waals surface area contributed by atoms with E-state index < -0.39 is 0 Å². The van der Waals surface area contributed by atoms with E-state index in [1.54, 1.807) is 13.2 Å². The molecule has 0 aliphatic carbocycles. The Hall–Kier alpha value is -1.64. The maximum absolute atomic E-state index is 9.76. The van der Waals surface area contributed by atoms with Gasteiger partial charge in [-0.25, -0.2) is 0 Å². The summed E-state index contributed by atoms with van der Waals surface area (Å²) in [6, 6.07) is 7.38. The molecule has 0 aromatic heterocycles. The standard InChI is InChI=1S/C9H9NO2/c1-12-9-4-2-3-8(7-9)5-6-10-11/h2-7H,1H3/b6-5+. The molecule has 0 saturated heterocycles. The first-order valence-electron chi connectivity index (χ1n) is 3.50. The van der Waals surface area contributed by atoms with Crippen LogP contribution in [-0.4, -0.2) is 7.11 Å². The van der Waals surface area contributed by atoms with Gasteiger partial charge in [0.05, 0.1) is 13.3 Å². The van der Waals surface area contributed by atoms with Gasteiger partial charge < -0.3 is 4.74 Å². The van der Waals surface area contributed by atoms with E-state index in [9.17, 15) is 4.91 Å². The minimum absolute atomic E-state index is 0.767. The van der Waals surface area contributed by atoms with Gasteiger partial charge in [-0.3, -0.25) is 0 Å². The third kappa shape index (κ3) is 2.20. The van der Waals surface area contributed by atoms with Gasteiger partial charge in [-0.05, 0) is 28.9 Å². The van der Waals surface area contributed by atoms with Crippen molar-refractivity contribution in [1.82, 2.24) is 0 Å². The summed E-state index contributed by atoms with van der Waals surface area (Å²) in [6.07, 6.45) is 2.82. The molecule has 0 radical (unpaired) electrons. The Balaban J connectivity index is 2.86. The number of ether oxygens (including phenoxy) is 1. The Morgan fingerprint density at radius 1 is 1.50 bits per heavy atom. The van der Waals surface area contributed by atoms with Gasteiger partial charge in [0.15, 0.2) is 0 Å². The molecule has 0 heterocycles. The molecule has 0 aliphatic heterocycles. The largest absolute Gasteiger partial charge is 0.497 e. The minimum atomic E-state index is 0.767. The van der Waals surface area contributed by atoms with Crippen LogP contribution in [0, 0.1) is 4.91 Å². The zero-order valence-corrected chi connectivity index (χ0v) is 6.73. The maximum Gasteiger partial charge on any atom is 0.119 e. The van der Waals surface area contributed by atoms with Crippen LogP contribution in [0.25, 0.3) is 6.08 Å². The van der Waals surface area contributed by atoms with Crippen molar-refractivity contribution in [3.63, 3.8) is 0 Å². The van der Waals surface area contributed by atoms with Crippen molar-refractivity contribution in [2.24, 2.45) is 5.18 Å². The van der Waals surface area contributed by atoms with Crippen molar-refractivity contribution in [2.45, 2.75) is 0 Å². The first kappa shape index (κ1) is 8.46. The summed E-state index contributed by atoms with van der Waals surface area (Å²) < 4.78 is 4.99. The molecule has 1 rings (SSSR count). The monoisotopic (exact) mass is 163 g/mol. The molecule has 0 spiro atoms. The lowest BCUT2D eigenvalue weighted by Gasteiger charge is -1.98. The second kappa shape index (κ2) is 4.28. The van der Waals surface area contributed by atoms with Gasteiger partial charge in [0.2, 0.25) is 0 Å². The van der Waals surface area contributed by atoms with Gasteiger partial charge >= 0.3 is 0 Å². The highest BCUT2D eigenvalue weighted by atomic mass is 16.5. The fraction of sp³-hybridized carbons (Fsp3) is 0.111. The van der Waals surface area contributed by atoms with Crippen LogP contribution >= 0.6 is 0 Å². The molecule has 0 aliphatic rings. The second-order valence-corrected chi connectivity index (χ2v) is 2.20. The molecule has 0 saturated carbocycles. The van der Waals surface area contributed by atoms with Crippen LogP contribution in [0.4, 0.5) is 0 Å². The Kier molecular flexibility index (Phi) is 3.02. The van der Waals surface area contributed by atoms with Crippen LogP contribution in [-0.2, 0) is 0 Å². The summed E-state index contributed by atoms with van der Waals surface area (Å²) in [5.41, 5.74) is 0.897. The molecule has 3 heteroatoms. The van der Waals surface area contributed by atoms with Crippen LogP contribution < -0.4 is 4.74 Å². The molecule has 1 aromatic rings. The molecule has 0 fully saturated rings. The highest BCUT2D eigenvalue weighted by Crippen LogP contribution is 2.13. The van der Waals surface area contributed by atoms with E-state index in [0.29, 0.717) is 0 Å². The van der Waals surface area contributed by atoms with Crippen LogP contribution in [0.15, 0.2) is 35.6 Å². The average molecular weight is 163 g/mol. The predicted octanol–water partition coefficient (Wildman–Crippen LogP) is 2.43. The fourth-order valence-electron chi connectivity index (χ4n) is 0.862. The third-order valence-electron chi connectivity index (χ3n) is 1.42. The molecule has 1 aromatic carbocycles. The van der Waals surface area contributed by atoms with Crippen molar-refractivity contribution in [3.05, 3.63) is 40.9 Å². The molecule has 62 valence electrons. The van der Waals surface area contributed by atoms with E-state index in [1.165, 1.54) is 6.20 Å². The maximum atomic E-state index is 9.76. The third-order valence-corrected chi connectivity index (χ3v) is 1.42. The number of rotatable bonds is 3. The van der Waals surface area contributed by atoms with Crippen LogP contribution in [0.2, 0.25) is 0 Å². The first-order chi connectivity index (χ1) is 5.86. The van der Waals surface area contributed by atoms with E-state index in [2.05, 4.69) is 5.18 Å². The van der Waals surface area contributed by atoms with Crippen molar-refractivity contribution >= 4 is 6.08 Å². The van der Waals surface area contributed by atoms with Gasteiger partial charge in [0.1, 0.15) is 5.75 Å². The van der Waals surface area contributed by atoms with Crippen molar-refractivity contribution in [1.29, 1.82) is 0 Å². The lowest BCUT2D eigenvalue weighted by Crippen LogP contribution is -1.81. The van der Waals surface area contributed by atoms with Crippen LogP contribution in [0.1, 0.15) is 5.56 Å². The van der Waals surface area contributed by atoms with Gasteiger partial charge in [0, 0.05) is 0 Å². The quantitative estimate of drug-likeness (QED) is 0.642. The van der Waals surface area contributed by atoms with Crippen molar-refractivity contribution < 1.29 is 4.74 Å². The summed E-state index contributed by atoms with van der Waals surface area (Å²) >= 11 is 0. The van der Waals surface area contributed by atoms with E-state index in [0.717, 1.165) is 11.3 Å². The van der Waals surface area contributed by atoms with Crippen LogP contribution in [0.3, 0.4) is 0 Å². The molecule has 0 amide bonds. The topological polar surface area (TPSA) is 38.7 Å². The first-order valence-corrected chi connectivity index (χ1v) is 3.50. The smallest absolute Gasteiger partial charge is 0.119 e. The van der Waals surface area contributed by atoms with Crippen molar-refractivity contribution in [2.75, 3.05) is 7.11 Å². The van der Waals surface area contributed by atoms with E-state index in [4.69, 9.17) is 4.74 Å². The lowest BCUT2D eigenvalue weighted by molar-refractivity contribution is 0.414. The number of methoxy groups -OCH3 is 1. The number of hydrogen-bond acceptors (Lipinski definition) is 3. The Labute approximate surface area is 70.6 Å². The molecule has 12 heavy (non-hydrogen) atoms. The fourth-order valence-corrected chi connectivity index (χ4v) is 0.862. The van der Waals surface area contributed by atoms with E-state index >= 15 is 0 Å². The van der Waals surface area contributed by atoms with Gasteiger partial charge in [-0.15, -0.1) is 4.91 Å². The molecule has 0 atom stereocenters. The lowest BCUT2D eigenvalue weighted by atomic mass is 10.2. The summed E-state index contributed by atoms with van der Waals surface area (Å²) in [6.45, 7) is 0. The summed E-state index contributed by atoms with van der Waals surface area (Å²) in [7, 11) is 1.60. The van der Waals surface area contributed by atoms with Gasteiger partial charge in [-0.1, -0.05) is 12.1 Å². The van der Waals surface area contributed by atoms with Crippen LogP contribution in [0.5, 0.6) is 5.75 Å². The zero-order valence-electron chi connectivity index (χ0n) is 6.73. The normalized spacial score (nSPS) is 10.1. The van der Waals surface area contributed by atoms with Gasteiger partial charge in [-0.2, -0.15) is 0 Å². The predicted molar refractivity (Wildman–Crippen MR) is 47.8 cm³/mol. The molecule has 0 unspecified atom stereocenters. The average Bonchev–Trinajstić information content (AvgIpc) is 2.15. The van der Waals surface area contributed by atoms with E-state index in [-0.39, 0.29) is 0 Å². The van der Waals surface area contributed by atoms with E-state index in [1.807, 2.05) is 24.3 Å². The molecule has 0 bridgehead atoms. The van der Waals surface area contributed by atoms with Gasteiger partial charge in [0.25, 0.3) is 0 Å². The number of hydrogen-bond donors (Lipinski definition) is 0. The summed E-state index contributed by atoms with van der Waals surface area (Å²) in [5, 5.41) is 2.62. The van der Waals surface area contributed by atoms with Crippen molar-refractivity contribution in [3.8, 4) is 5.75 Å².